The Morgan fingerprint density at radius 1 is 1.30 bits per heavy atom. The molecule has 0 spiro atoms. The molecule has 0 bridgehead atoms. The number of morpholine rings is 1. The van der Waals surface area contributed by atoms with Gasteiger partial charge in [-0.05, 0) is 30.7 Å². The van der Waals surface area contributed by atoms with Crippen molar-refractivity contribution < 1.29 is 9.53 Å². The number of carbonyl (C=O) groups excluding carboxylic acids is 1. The number of carbonyl (C=O) groups is 1. The number of rotatable bonds is 4. The number of hydrogen-bond acceptors (Lipinski definition) is 6. The third kappa shape index (κ3) is 3.72. The molecule has 0 unspecified atom stereocenters. The Kier molecular flexibility index (Phi) is 4.91. The fourth-order valence-corrected chi connectivity index (χ4v) is 3.34. The molecule has 1 aromatic carbocycles. The summed E-state index contributed by atoms with van der Waals surface area (Å²) in [5.74, 6) is 0.639. The number of fused-ring (bicyclic) bond motifs is 1. The van der Waals surface area contributed by atoms with E-state index < -0.39 is 0 Å². The van der Waals surface area contributed by atoms with Crippen molar-refractivity contribution in [3.8, 4) is 0 Å². The van der Waals surface area contributed by atoms with E-state index in [2.05, 4.69) is 25.3 Å². The fourth-order valence-electron chi connectivity index (χ4n) is 3.12. The van der Waals surface area contributed by atoms with Crippen LogP contribution in [0.5, 0.6) is 0 Å². The van der Waals surface area contributed by atoms with Crippen LogP contribution in [-0.2, 0) is 16.1 Å². The Hall–Kier alpha value is -2.71. The van der Waals surface area contributed by atoms with Gasteiger partial charge in [0.25, 0.3) is 0 Å². The van der Waals surface area contributed by atoms with Crippen LogP contribution in [0.4, 0.5) is 11.5 Å². The highest BCUT2D eigenvalue weighted by Gasteiger charge is 2.18. The first-order valence-electron chi connectivity index (χ1n) is 8.67. The molecule has 8 nitrogen and oxygen atoms in total. The van der Waals surface area contributed by atoms with E-state index in [1.165, 1.54) is 6.33 Å². The minimum absolute atomic E-state index is 0.0606. The first-order valence-corrected chi connectivity index (χ1v) is 9.05. The van der Waals surface area contributed by atoms with Crippen LogP contribution in [0.15, 0.2) is 30.7 Å². The molecule has 0 saturated carbocycles. The van der Waals surface area contributed by atoms with Gasteiger partial charge in [0.05, 0.1) is 24.8 Å². The summed E-state index contributed by atoms with van der Waals surface area (Å²) in [6.45, 7) is 4.84. The van der Waals surface area contributed by atoms with Gasteiger partial charge in [-0.15, -0.1) is 0 Å². The number of nitrogens with one attached hydrogen (secondary N) is 1. The smallest absolute Gasteiger partial charge is 0.246 e. The maximum absolute atomic E-state index is 12.5. The first-order chi connectivity index (χ1) is 13.1. The zero-order valence-corrected chi connectivity index (χ0v) is 15.6. The second-order valence-electron chi connectivity index (χ2n) is 6.34. The van der Waals surface area contributed by atoms with Crippen molar-refractivity contribution in [1.29, 1.82) is 0 Å². The second-order valence-corrected chi connectivity index (χ2v) is 6.78. The highest BCUT2D eigenvalue weighted by atomic mass is 35.5. The van der Waals surface area contributed by atoms with Gasteiger partial charge in [0, 0.05) is 23.8 Å². The Bertz CT molecular complexity index is 983. The Labute approximate surface area is 161 Å². The zero-order chi connectivity index (χ0) is 18.8. The summed E-state index contributed by atoms with van der Waals surface area (Å²) in [5.41, 5.74) is 2.26. The van der Waals surface area contributed by atoms with E-state index in [9.17, 15) is 4.79 Å². The Morgan fingerprint density at radius 3 is 2.89 bits per heavy atom. The molecular weight excluding hydrogens is 368 g/mol. The third-order valence-corrected chi connectivity index (χ3v) is 4.71. The summed E-state index contributed by atoms with van der Waals surface area (Å²) in [5, 5.41) is 8.70. The van der Waals surface area contributed by atoms with Crippen LogP contribution in [0.3, 0.4) is 0 Å². The van der Waals surface area contributed by atoms with Gasteiger partial charge in [0.1, 0.15) is 18.7 Å². The first kappa shape index (κ1) is 17.7. The number of anilines is 2. The molecule has 1 N–H and O–H groups in total. The molecule has 0 aliphatic carbocycles. The summed E-state index contributed by atoms with van der Waals surface area (Å²) < 4.78 is 6.98. The normalized spacial score (nSPS) is 14.5. The average Bonchev–Trinajstić information content (AvgIpc) is 3.08. The minimum Gasteiger partial charge on any atom is -0.378 e. The lowest BCUT2D eigenvalue weighted by Gasteiger charge is -2.27. The van der Waals surface area contributed by atoms with Crippen LogP contribution < -0.4 is 10.2 Å². The van der Waals surface area contributed by atoms with Gasteiger partial charge < -0.3 is 15.0 Å². The molecule has 1 amide bonds. The van der Waals surface area contributed by atoms with E-state index in [1.54, 1.807) is 23.0 Å². The minimum atomic E-state index is -0.183. The Morgan fingerprint density at radius 2 is 2.11 bits per heavy atom. The van der Waals surface area contributed by atoms with Crippen LogP contribution >= 0.6 is 11.6 Å². The number of hydrogen-bond donors (Lipinski definition) is 1. The number of amides is 1. The molecular formula is C18H19ClN6O2. The number of aryl methyl sites for hydroxylation is 1. The van der Waals surface area contributed by atoms with E-state index >= 15 is 0 Å². The van der Waals surface area contributed by atoms with E-state index in [0.29, 0.717) is 23.9 Å². The molecule has 4 rings (SSSR count). The standard InChI is InChI=1S/C18H19ClN6O2/c1-12-8-13(19)2-3-15(12)23-16(26)10-25-18-14(9-22-25)17(20-11-21-18)24-4-6-27-7-5-24/h2-3,8-9,11H,4-7,10H2,1H3,(H,23,26). The molecule has 3 heterocycles. The van der Waals surface area contributed by atoms with Crippen molar-refractivity contribution >= 4 is 40.0 Å². The topological polar surface area (TPSA) is 85.2 Å². The van der Waals surface area contributed by atoms with Crippen molar-refractivity contribution in [2.75, 3.05) is 36.5 Å². The SMILES string of the molecule is Cc1cc(Cl)ccc1NC(=O)Cn1ncc2c(N3CCOCC3)ncnc21. The lowest BCUT2D eigenvalue weighted by molar-refractivity contribution is -0.116. The van der Waals surface area contributed by atoms with E-state index in [-0.39, 0.29) is 12.5 Å². The summed E-state index contributed by atoms with van der Waals surface area (Å²) in [4.78, 5) is 23.3. The van der Waals surface area contributed by atoms with Crippen molar-refractivity contribution in [3.05, 3.63) is 41.3 Å². The molecule has 1 saturated heterocycles. The van der Waals surface area contributed by atoms with Crippen LogP contribution in [0, 0.1) is 6.92 Å². The number of halogens is 1. The van der Waals surface area contributed by atoms with Gasteiger partial charge in [-0.25, -0.2) is 14.6 Å². The van der Waals surface area contributed by atoms with Gasteiger partial charge >= 0.3 is 0 Å². The number of benzene rings is 1. The number of nitrogens with zero attached hydrogens (tertiary/aromatic N) is 5. The molecule has 2 aromatic heterocycles. The van der Waals surface area contributed by atoms with Crippen molar-refractivity contribution in [1.82, 2.24) is 19.7 Å². The number of aromatic nitrogens is 4. The predicted octanol–water partition coefficient (Wildman–Crippen LogP) is 2.26. The maximum Gasteiger partial charge on any atom is 0.246 e. The molecule has 0 radical (unpaired) electrons. The monoisotopic (exact) mass is 386 g/mol. The molecule has 27 heavy (non-hydrogen) atoms. The van der Waals surface area contributed by atoms with Crippen LogP contribution in [0.25, 0.3) is 11.0 Å². The van der Waals surface area contributed by atoms with Gasteiger partial charge in [-0.2, -0.15) is 5.10 Å². The fraction of sp³-hybridized carbons (Fsp3) is 0.333. The van der Waals surface area contributed by atoms with Crippen molar-refractivity contribution in [3.63, 3.8) is 0 Å². The molecule has 1 aliphatic heterocycles. The van der Waals surface area contributed by atoms with E-state index in [0.717, 1.165) is 35.5 Å². The van der Waals surface area contributed by atoms with Crippen LogP contribution in [-0.4, -0.2) is 52.0 Å². The highest BCUT2D eigenvalue weighted by molar-refractivity contribution is 6.30. The molecule has 9 heteroatoms. The van der Waals surface area contributed by atoms with Gasteiger partial charge in [-0.3, -0.25) is 4.79 Å². The lowest BCUT2D eigenvalue weighted by Crippen LogP contribution is -2.36. The molecule has 3 aromatic rings. The van der Waals surface area contributed by atoms with E-state index in [4.69, 9.17) is 16.3 Å². The van der Waals surface area contributed by atoms with Crippen molar-refractivity contribution in [2.45, 2.75) is 13.5 Å². The second kappa shape index (κ2) is 7.50. The summed E-state index contributed by atoms with van der Waals surface area (Å²) in [7, 11) is 0. The highest BCUT2D eigenvalue weighted by Crippen LogP contribution is 2.24. The quantitative estimate of drug-likeness (QED) is 0.740. The zero-order valence-electron chi connectivity index (χ0n) is 14.9. The summed E-state index contributed by atoms with van der Waals surface area (Å²) in [6, 6.07) is 5.34. The third-order valence-electron chi connectivity index (χ3n) is 4.48. The van der Waals surface area contributed by atoms with Gasteiger partial charge in [0.2, 0.25) is 5.91 Å². The van der Waals surface area contributed by atoms with Gasteiger partial charge in [-0.1, -0.05) is 11.6 Å². The van der Waals surface area contributed by atoms with E-state index in [1.807, 2.05) is 13.0 Å². The van der Waals surface area contributed by atoms with Crippen molar-refractivity contribution in [2.24, 2.45) is 0 Å². The van der Waals surface area contributed by atoms with Crippen LogP contribution in [0.2, 0.25) is 5.02 Å². The maximum atomic E-state index is 12.5. The lowest BCUT2D eigenvalue weighted by atomic mass is 10.2. The predicted molar refractivity (Wildman–Crippen MR) is 103 cm³/mol. The summed E-state index contributed by atoms with van der Waals surface area (Å²) in [6.07, 6.45) is 3.22. The average molecular weight is 387 g/mol. The molecule has 140 valence electrons. The summed E-state index contributed by atoms with van der Waals surface area (Å²) >= 11 is 5.96. The largest absolute Gasteiger partial charge is 0.378 e. The molecule has 0 atom stereocenters. The Balaban J connectivity index is 1.54. The molecule has 1 aliphatic rings. The molecule has 1 fully saturated rings. The number of ether oxygens (including phenoxy) is 1. The van der Waals surface area contributed by atoms with Gasteiger partial charge in [0.15, 0.2) is 5.65 Å². The van der Waals surface area contributed by atoms with Crippen LogP contribution in [0.1, 0.15) is 5.56 Å².